The summed E-state index contributed by atoms with van der Waals surface area (Å²) in [4.78, 5) is 13.2. The van der Waals surface area contributed by atoms with Gasteiger partial charge in [0.15, 0.2) is 0 Å². The number of rotatable bonds is 58. The molecule has 0 aliphatic carbocycles. The van der Waals surface area contributed by atoms with Crippen molar-refractivity contribution < 1.29 is 110 Å². The van der Waals surface area contributed by atoms with Crippen LogP contribution in [0.4, 0.5) is 0 Å². The summed E-state index contributed by atoms with van der Waals surface area (Å²) in [5.74, 6) is -0.713. The van der Waals surface area contributed by atoms with Crippen molar-refractivity contribution in [1.82, 2.24) is 0 Å². The zero-order valence-corrected chi connectivity index (χ0v) is 52.5. The van der Waals surface area contributed by atoms with Gasteiger partial charge in [0.1, 0.15) is 0 Å². The summed E-state index contributed by atoms with van der Waals surface area (Å²) >= 11 is 0. The van der Waals surface area contributed by atoms with Crippen LogP contribution in [0.15, 0.2) is 0 Å². The van der Waals surface area contributed by atoms with E-state index in [0.29, 0.717) is 37.5 Å². The summed E-state index contributed by atoms with van der Waals surface area (Å²) in [5.41, 5.74) is -16.1. The molecule has 22 nitrogen and oxygen atoms in total. The fourth-order valence-electron chi connectivity index (χ4n) is 17.6. The molecule has 0 aromatic heterocycles. The number of hydrogen-bond donors (Lipinski definition) is 19. The van der Waals surface area contributed by atoms with Crippen LogP contribution < -0.4 is 0 Å². The Morgan fingerprint density at radius 2 is 0.482 bits per heavy atom. The molecule has 2 atom stereocenters. The van der Waals surface area contributed by atoms with Crippen molar-refractivity contribution in [2.45, 2.75) is 206 Å². The molecule has 0 aromatic carbocycles. The molecule has 23 heteroatoms. The van der Waals surface area contributed by atoms with E-state index in [2.05, 4.69) is 27.7 Å². The third kappa shape index (κ3) is 19.7. The van der Waals surface area contributed by atoms with Gasteiger partial charge in [0.25, 0.3) is 0 Å². The molecule has 0 aliphatic heterocycles. The Morgan fingerprint density at radius 3 is 0.675 bits per heavy atom. The predicted molar refractivity (Wildman–Crippen MR) is 316 cm³/mol. The Morgan fingerprint density at radius 1 is 0.277 bits per heavy atom. The molecule has 0 spiro atoms. The molecule has 0 radical (unpaired) electrons. The summed E-state index contributed by atoms with van der Waals surface area (Å²) in [6.45, 7) is -4.41. The number of hydrogen-bond acceptors (Lipinski definition) is 21. The maximum absolute atomic E-state index is 16.4. The van der Waals surface area contributed by atoms with Gasteiger partial charge in [0.05, 0.1) is 11.2 Å². The SMILES string of the molecule is CC(C)CCCCC(CCO)C(CCO)(CCO)C(CCO)(CCO)C(CCO)(CCO)C(CCO)(CCO)OP(=O)(O)OC(CCO)(CCO)C(CCO)(CCO)C(CCO)(CCO)C(CCO)(CCO)C(CCO)CCCCC(C)C. The van der Waals surface area contributed by atoms with Crippen LogP contribution >= 0.6 is 7.82 Å². The van der Waals surface area contributed by atoms with Gasteiger partial charge >= 0.3 is 7.82 Å². The molecule has 83 heavy (non-hydrogen) atoms. The largest absolute Gasteiger partial charge is 0.473 e. The molecular weight excluding hydrogens is 1100 g/mol. The van der Waals surface area contributed by atoms with Crippen LogP contribution in [0.3, 0.4) is 0 Å². The number of phosphoric acid groups is 1. The average molecular weight is 1230 g/mol. The molecule has 0 saturated carbocycles. The van der Waals surface area contributed by atoms with Gasteiger partial charge in [-0.15, -0.1) is 0 Å². The van der Waals surface area contributed by atoms with Gasteiger partial charge in [0.2, 0.25) is 0 Å². The molecule has 0 amide bonds. The molecule has 0 saturated heterocycles. The fraction of sp³-hybridized carbons (Fsp3) is 1.00. The first-order valence-electron chi connectivity index (χ1n) is 31.3. The average Bonchev–Trinajstić information content (AvgIpc) is 3.41. The first-order valence-corrected chi connectivity index (χ1v) is 32.8. The highest BCUT2D eigenvalue weighted by molar-refractivity contribution is 7.47. The first-order chi connectivity index (χ1) is 39.6. The van der Waals surface area contributed by atoms with E-state index in [0.717, 1.165) is 25.7 Å². The number of phosphoric ester groups is 1. The molecular formula is C60H123O22P. The lowest BCUT2D eigenvalue weighted by Crippen LogP contribution is -2.69. The summed E-state index contributed by atoms with van der Waals surface area (Å²) in [5, 5.41) is 204. The minimum Gasteiger partial charge on any atom is -0.396 e. The van der Waals surface area contributed by atoms with E-state index in [1.807, 2.05) is 0 Å². The lowest BCUT2D eigenvalue weighted by atomic mass is 9.37. The van der Waals surface area contributed by atoms with Gasteiger partial charge in [-0.1, -0.05) is 66.2 Å². The summed E-state index contributed by atoms with van der Waals surface area (Å²) in [6.07, 6.45) is -2.11. The van der Waals surface area contributed by atoms with Crippen LogP contribution in [0, 0.1) is 56.2 Å². The molecule has 0 fully saturated rings. The van der Waals surface area contributed by atoms with Crippen LogP contribution in [0.25, 0.3) is 0 Å². The summed E-state index contributed by atoms with van der Waals surface area (Å²) in [7, 11) is -6.16. The van der Waals surface area contributed by atoms with Crippen LogP contribution in [0.2, 0.25) is 0 Å². The van der Waals surface area contributed by atoms with E-state index < -0.39 is 234 Å². The predicted octanol–water partition coefficient (Wildman–Crippen LogP) is 3.06. The maximum atomic E-state index is 16.4. The fourth-order valence-corrected chi connectivity index (χ4v) is 19.3. The van der Waals surface area contributed by atoms with Crippen molar-refractivity contribution in [3.05, 3.63) is 0 Å². The van der Waals surface area contributed by atoms with E-state index in [-0.39, 0.29) is 64.2 Å². The van der Waals surface area contributed by atoms with E-state index in [1.165, 1.54) is 0 Å². The zero-order valence-electron chi connectivity index (χ0n) is 51.6. The van der Waals surface area contributed by atoms with E-state index in [9.17, 15) is 96.8 Å². The minimum absolute atomic E-state index is 0.0430. The lowest BCUT2D eigenvalue weighted by molar-refractivity contribution is -0.267. The molecule has 0 aliphatic rings. The topological polar surface area (TPSA) is 420 Å². The second kappa shape index (κ2) is 42.4. The Balaban J connectivity index is 10.1. The molecule has 500 valence electrons. The van der Waals surface area contributed by atoms with E-state index in [1.54, 1.807) is 0 Å². The molecule has 19 N–H and O–H groups in total. The third-order valence-electron chi connectivity index (χ3n) is 20.4. The minimum atomic E-state index is -6.16. The van der Waals surface area contributed by atoms with E-state index in [4.69, 9.17) is 9.05 Å². The van der Waals surface area contributed by atoms with Crippen molar-refractivity contribution in [2.75, 3.05) is 119 Å². The highest BCUT2D eigenvalue weighted by atomic mass is 31.2. The Labute approximate surface area is 497 Å². The van der Waals surface area contributed by atoms with Crippen molar-refractivity contribution in [3.63, 3.8) is 0 Å². The molecule has 0 rings (SSSR count). The van der Waals surface area contributed by atoms with Gasteiger partial charge in [-0.2, -0.15) is 0 Å². The van der Waals surface area contributed by atoms with Crippen molar-refractivity contribution in [3.8, 4) is 0 Å². The molecule has 2 unspecified atom stereocenters. The normalized spacial score (nSPS) is 15.2. The van der Waals surface area contributed by atoms with Crippen molar-refractivity contribution in [1.29, 1.82) is 0 Å². The Bertz CT molecular complexity index is 1480. The second-order valence-corrected chi connectivity index (χ2v) is 25.9. The van der Waals surface area contributed by atoms with E-state index >= 15 is 4.57 Å². The molecule has 0 aromatic rings. The van der Waals surface area contributed by atoms with Gasteiger partial charge in [0, 0.05) is 155 Å². The second-order valence-electron chi connectivity index (χ2n) is 24.6. The van der Waals surface area contributed by atoms with Crippen LogP contribution in [0.5, 0.6) is 0 Å². The number of aliphatic hydroxyl groups is 18. The molecule has 0 heterocycles. The van der Waals surface area contributed by atoms with Gasteiger partial charge in [-0.05, 0) is 148 Å². The quantitative estimate of drug-likeness (QED) is 0.0307. The standard InChI is InChI=1S/C60H123O22P/c1-49(2)9-5-7-11-51(13-31-61)53(15-33-63,16-34-64)55(19-37-67,20-38-68)57(23-41-71,24-42-72)59(27-45-75,28-46-76)81-83(79,80)82-60(29-47-77,30-48-78)58(25-43-73,26-44-74)56(21-39-69,22-40-70)54(17-35-65,18-36-66)52(14-32-62)12-8-6-10-50(3)4/h49-52,61-78H,5-48H2,1-4H3,(H,79,80). The Hall–Kier alpha value is -0.610. The van der Waals surface area contributed by atoms with Gasteiger partial charge in [-0.25, -0.2) is 4.57 Å². The Kier molecular flexibility index (Phi) is 42.1. The first kappa shape index (κ1) is 82.4. The van der Waals surface area contributed by atoms with Gasteiger partial charge < -0.3 is 96.8 Å². The van der Waals surface area contributed by atoms with Crippen LogP contribution in [0.1, 0.15) is 195 Å². The monoisotopic (exact) mass is 1230 g/mol. The zero-order chi connectivity index (χ0) is 63.3. The number of aliphatic hydroxyl groups excluding tert-OH is 18. The molecule has 0 bridgehead atoms. The highest BCUT2D eigenvalue weighted by Crippen LogP contribution is 2.76. The lowest BCUT2D eigenvalue weighted by Gasteiger charge is -2.69. The smallest absolute Gasteiger partial charge is 0.396 e. The van der Waals surface area contributed by atoms with Crippen LogP contribution in [-0.4, -0.2) is 227 Å². The van der Waals surface area contributed by atoms with Crippen molar-refractivity contribution in [2.24, 2.45) is 56.2 Å². The van der Waals surface area contributed by atoms with Gasteiger partial charge in [-0.3, -0.25) is 9.05 Å². The highest BCUT2D eigenvalue weighted by Gasteiger charge is 2.73. The number of unbranched alkanes of at least 4 members (excludes halogenated alkanes) is 2. The summed E-state index contributed by atoms with van der Waals surface area (Å²) < 4.78 is 30.0. The summed E-state index contributed by atoms with van der Waals surface area (Å²) in [6, 6.07) is 0. The van der Waals surface area contributed by atoms with Crippen LogP contribution in [-0.2, 0) is 13.6 Å². The third-order valence-corrected chi connectivity index (χ3v) is 21.5. The maximum Gasteiger partial charge on any atom is 0.473 e. The van der Waals surface area contributed by atoms with Crippen molar-refractivity contribution >= 4 is 7.82 Å².